The summed E-state index contributed by atoms with van der Waals surface area (Å²) < 4.78 is -0.516. The summed E-state index contributed by atoms with van der Waals surface area (Å²) in [5.41, 5.74) is 0.515. The van der Waals surface area contributed by atoms with E-state index in [1.165, 1.54) is 10.8 Å². The van der Waals surface area contributed by atoms with E-state index in [1.807, 2.05) is 32.0 Å². The third kappa shape index (κ3) is 2.40. The van der Waals surface area contributed by atoms with E-state index in [1.54, 1.807) is 12.1 Å². The number of benzene rings is 2. The quantitative estimate of drug-likeness (QED) is 0.590. The zero-order valence-electron chi connectivity index (χ0n) is 10.5. The van der Waals surface area contributed by atoms with E-state index < -0.39 is 10.7 Å². The van der Waals surface area contributed by atoms with Crippen LogP contribution in [0.15, 0.2) is 30.3 Å². The van der Waals surface area contributed by atoms with Crippen LogP contribution in [-0.4, -0.2) is 16.2 Å². The number of fused-ring (bicyclic) bond motifs is 1. The first kappa shape index (κ1) is 14.1. The minimum atomic E-state index is -1.13. The Kier molecular flexibility index (Phi) is 3.69. The monoisotopic (exact) mass is 294 g/mol. The first-order valence-electron chi connectivity index (χ1n) is 5.69. The first-order valence-corrected chi connectivity index (χ1v) is 7.56. The second-order valence-electron chi connectivity index (χ2n) is 4.78. The smallest absolute Gasteiger partial charge is 0.339 e. The molecule has 0 aromatic heterocycles. The number of hydrogen-bond acceptors (Lipinski definition) is 4. The van der Waals surface area contributed by atoms with Gasteiger partial charge in [-0.05, 0) is 30.9 Å². The molecule has 0 aliphatic heterocycles. The Morgan fingerprint density at radius 1 is 1.32 bits per heavy atom. The summed E-state index contributed by atoms with van der Waals surface area (Å²) in [5.74, 6) is -1.32. The Balaban J connectivity index is 2.89. The standard InChI is InChI=1S/C14H14O3S2/c1-14(2,19-18)10-7-8-5-3-4-6-9(8)12(15)11(10)13(16)17/h3-7,15,18H,1-2H3,(H,16,17). The van der Waals surface area contributed by atoms with Crippen LogP contribution in [0.5, 0.6) is 5.75 Å². The second-order valence-corrected chi connectivity index (χ2v) is 6.53. The largest absolute Gasteiger partial charge is 0.506 e. The highest BCUT2D eigenvalue weighted by molar-refractivity contribution is 8.69. The molecule has 3 nitrogen and oxygen atoms in total. The van der Waals surface area contributed by atoms with Crippen LogP contribution in [0.2, 0.25) is 0 Å². The number of rotatable bonds is 3. The topological polar surface area (TPSA) is 57.5 Å². The van der Waals surface area contributed by atoms with Crippen LogP contribution < -0.4 is 0 Å². The zero-order valence-corrected chi connectivity index (χ0v) is 12.3. The van der Waals surface area contributed by atoms with Crippen molar-refractivity contribution >= 4 is 39.2 Å². The summed E-state index contributed by atoms with van der Waals surface area (Å²) >= 11 is 4.20. The van der Waals surface area contributed by atoms with Crippen LogP contribution >= 0.6 is 22.5 Å². The molecule has 100 valence electrons. The second kappa shape index (κ2) is 4.98. The number of phenols is 1. The molecule has 0 atom stereocenters. The van der Waals surface area contributed by atoms with Crippen LogP contribution in [0.25, 0.3) is 10.8 Å². The molecule has 0 radical (unpaired) electrons. The lowest BCUT2D eigenvalue weighted by molar-refractivity contribution is 0.0692. The van der Waals surface area contributed by atoms with Crippen LogP contribution in [0, 0.1) is 0 Å². The van der Waals surface area contributed by atoms with Gasteiger partial charge in [-0.25, -0.2) is 4.79 Å². The highest BCUT2D eigenvalue weighted by Gasteiger charge is 2.29. The predicted molar refractivity (Wildman–Crippen MR) is 82.2 cm³/mol. The molecule has 2 aromatic carbocycles. The zero-order chi connectivity index (χ0) is 14.2. The summed E-state index contributed by atoms with van der Waals surface area (Å²) in [6.45, 7) is 3.75. The maximum Gasteiger partial charge on any atom is 0.339 e. The normalized spacial score (nSPS) is 11.7. The van der Waals surface area contributed by atoms with Gasteiger partial charge in [0.05, 0.1) is 0 Å². The molecule has 0 heterocycles. The van der Waals surface area contributed by atoms with Crippen molar-refractivity contribution in [2.45, 2.75) is 18.6 Å². The van der Waals surface area contributed by atoms with Gasteiger partial charge < -0.3 is 10.2 Å². The van der Waals surface area contributed by atoms with E-state index in [2.05, 4.69) is 11.7 Å². The Morgan fingerprint density at radius 3 is 2.53 bits per heavy atom. The SMILES string of the molecule is CC(C)(SS)c1cc2ccccc2c(O)c1C(=O)O. The fourth-order valence-electron chi connectivity index (χ4n) is 2.07. The molecular weight excluding hydrogens is 280 g/mol. The molecule has 19 heavy (non-hydrogen) atoms. The van der Waals surface area contributed by atoms with E-state index in [-0.39, 0.29) is 11.3 Å². The Hall–Kier alpha value is -1.33. The molecule has 0 saturated heterocycles. The minimum Gasteiger partial charge on any atom is -0.506 e. The fourth-order valence-corrected chi connectivity index (χ4v) is 2.62. The van der Waals surface area contributed by atoms with E-state index in [0.29, 0.717) is 10.9 Å². The molecule has 0 spiro atoms. The lowest BCUT2D eigenvalue weighted by atomic mass is 9.92. The number of thiol groups is 1. The highest BCUT2D eigenvalue weighted by Crippen LogP contribution is 2.44. The van der Waals surface area contributed by atoms with Crippen molar-refractivity contribution in [2.24, 2.45) is 0 Å². The third-order valence-electron chi connectivity index (χ3n) is 3.11. The average molecular weight is 294 g/mol. The molecule has 0 amide bonds. The number of carbonyl (C=O) groups is 1. The summed E-state index contributed by atoms with van der Waals surface area (Å²) in [4.78, 5) is 11.5. The van der Waals surface area contributed by atoms with Crippen molar-refractivity contribution in [1.82, 2.24) is 0 Å². The lowest BCUT2D eigenvalue weighted by Gasteiger charge is -2.25. The molecule has 0 bridgehead atoms. The van der Waals surface area contributed by atoms with Crippen LogP contribution in [0.4, 0.5) is 0 Å². The molecule has 5 heteroatoms. The van der Waals surface area contributed by atoms with E-state index in [9.17, 15) is 15.0 Å². The molecule has 0 aliphatic carbocycles. The molecule has 0 unspecified atom stereocenters. The summed E-state index contributed by atoms with van der Waals surface area (Å²) in [6.07, 6.45) is 0. The van der Waals surface area contributed by atoms with Gasteiger partial charge in [0.15, 0.2) is 0 Å². The number of aromatic hydroxyl groups is 1. The molecule has 2 rings (SSSR count). The number of carboxylic acids is 1. The van der Waals surface area contributed by atoms with Crippen molar-refractivity contribution in [2.75, 3.05) is 0 Å². The Labute approximate surface area is 120 Å². The van der Waals surface area contributed by atoms with Gasteiger partial charge in [0, 0.05) is 10.1 Å². The van der Waals surface area contributed by atoms with Crippen molar-refractivity contribution in [3.8, 4) is 5.75 Å². The molecule has 2 aromatic rings. The minimum absolute atomic E-state index is 0.0507. The summed E-state index contributed by atoms with van der Waals surface area (Å²) in [5, 5.41) is 21.0. The van der Waals surface area contributed by atoms with Gasteiger partial charge in [-0.15, -0.1) is 11.7 Å². The van der Waals surface area contributed by atoms with Crippen molar-refractivity contribution < 1.29 is 15.0 Å². The van der Waals surface area contributed by atoms with Gasteiger partial charge in [0.2, 0.25) is 0 Å². The van der Waals surface area contributed by atoms with Crippen LogP contribution in [0.3, 0.4) is 0 Å². The van der Waals surface area contributed by atoms with E-state index >= 15 is 0 Å². The Morgan fingerprint density at radius 2 is 1.95 bits per heavy atom. The van der Waals surface area contributed by atoms with E-state index in [4.69, 9.17) is 0 Å². The average Bonchev–Trinajstić information content (AvgIpc) is 2.38. The van der Waals surface area contributed by atoms with Gasteiger partial charge >= 0.3 is 5.97 Å². The lowest BCUT2D eigenvalue weighted by Crippen LogP contribution is -2.16. The number of hydrogen-bond donors (Lipinski definition) is 3. The van der Waals surface area contributed by atoms with Gasteiger partial charge in [-0.2, -0.15) is 0 Å². The van der Waals surface area contributed by atoms with Gasteiger partial charge in [0.1, 0.15) is 11.3 Å². The van der Waals surface area contributed by atoms with Crippen LogP contribution in [-0.2, 0) is 4.75 Å². The molecule has 0 fully saturated rings. The van der Waals surface area contributed by atoms with E-state index in [0.717, 1.165) is 5.39 Å². The number of carboxylic acid groups (broad SMARTS) is 1. The maximum absolute atomic E-state index is 11.5. The van der Waals surface area contributed by atoms with Crippen molar-refractivity contribution in [3.63, 3.8) is 0 Å². The van der Waals surface area contributed by atoms with Crippen molar-refractivity contribution in [1.29, 1.82) is 0 Å². The molecule has 0 aliphatic rings. The summed E-state index contributed by atoms with van der Waals surface area (Å²) in [6, 6.07) is 8.99. The van der Waals surface area contributed by atoms with Gasteiger partial charge in [-0.3, -0.25) is 0 Å². The molecule has 2 N–H and O–H groups in total. The first-order chi connectivity index (χ1) is 8.88. The fraction of sp³-hybridized carbons (Fsp3) is 0.214. The number of aromatic carboxylic acids is 1. The van der Waals surface area contributed by atoms with Gasteiger partial charge in [0.25, 0.3) is 0 Å². The third-order valence-corrected chi connectivity index (χ3v) is 5.16. The van der Waals surface area contributed by atoms with Crippen LogP contribution in [0.1, 0.15) is 29.8 Å². The van der Waals surface area contributed by atoms with Gasteiger partial charge in [-0.1, -0.05) is 35.1 Å². The van der Waals surface area contributed by atoms with Crippen molar-refractivity contribution in [3.05, 3.63) is 41.5 Å². The summed E-state index contributed by atoms with van der Waals surface area (Å²) in [7, 11) is 1.25. The maximum atomic E-state index is 11.5. The molecular formula is C14H14O3S2. The Bertz CT molecular complexity index is 650. The highest BCUT2D eigenvalue weighted by atomic mass is 33.1. The molecule has 0 saturated carbocycles. The predicted octanol–water partition coefficient (Wildman–Crippen LogP) is 4.06.